The number of nitrogens with zero attached hydrogens (tertiary/aromatic N) is 4. The number of hydrogen-bond donors (Lipinski definition) is 0. The van der Waals surface area contributed by atoms with Crippen molar-refractivity contribution in [3.8, 4) is 0 Å². The molecule has 0 fully saturated rings. The van der Waals surface area contributed by atoms with Crippen LogP contribution in [-0.2, 0) is 12.8 Å². The van der Waals surface area contributed by atoms with Crippen LogP contribution >= 0.6 is 23.1 Å². The van der Waals surface area contributed by atoms with E-state index in [1.807, 2.05) is 60.5 Å². The summed E-state index contributed by atoms with van der Waals surface area (Å²) >= 11 is 3.22. The van der Waals surface area contributed by atoms with Gasteiger partial charge in [-0.1, -0.05) is 36.0 Å². The minimum Gasteiger partial charge on any atom is -0.318 e. The molecule has 0 bridgehead atoms. The number of para-hydroxylation sites is 1. The zero-order chi connectivity index (χ0) is 17.8. The summed E-state index contributed by atoms with van der Waals surface area (Å²) in [6.45, 7) is 4.07. The molecule has 7 heteroatoms. The fourth-order valence-corrected chi connectivity index (χ4v) is 4.18. The molecule has 0 atom stereocenters. The van der Waals surface area contributed by atoms with E-state index < -0.39 is 0 Å². The Hall–Kier alpha value is -2.12. The Labute approximate surface area is 155 Å². The number of anilines is 2. The summed E-state index contributed by atoms with van der Waals surface area (Å²) in [6.07, 6.45) is 0. The maximum atomic E-state index is 12.9. The first-order valence-corrected chi connectivity index (χ1v) is 9.87. The molecule has 1 aromatic carbocycles. The van der Waals surface area contributed by atoms with E-state index in [4.69, 9.17) is 0 Å². The molecule has 2 aromatic heterocycles. The lowest BCUT2D eigenvalue weighted by atomic mass is 10.2. The minimum absolute atomic E-state index is 0.0917. The smallest absolute Gasteiger partial charge is 0.297 e. The molecule has 0 saturated heterocycles. The van der Waals surface area contributed by atoms with Gasteiger partial charge < -0.3 is 4.90 Å². The second-order valence-electron chi connectivity index (χ2n) is 5.84. The minimum atomic E-state index is -0.138. The normalized spacial score (nSPS) is 11.0. The van der Waals surface area contributed by atoms with E-state index in [2.05, 4.69) is 16.3 Å². The van der Waals surface area contributed by atoms with Crippen LogP contribution in [0.15, 0.2) is 57.8 Å². The SMILES string of the molecule is CC(C)N(c1ccccc1)c1nnc(SCc2cccs2)n(C)c1=O. The average molecular weight is 373 g/mol. The quantitative estimate of drug-likeness (QED) is 0.610. The Morgan fingerprint density at radius 1 is 1.16 bits per heavy atom. The van der Waals surface area contributed by atoms with Gasteiger partial charge in [0.25, 0.3) is 5.56 Å². The van der Waals surface area contributed by atoms with Crippen LogP contribution in [0.25, 0.3) is 0 Å². The molecule has 5 nitrogen and oxygen atoms in total. The van der Waals surface area contributed by atoms with Gasteiger partial charge in [-0.2, -0.15) is 0 Å². The van der Waals surface area contributed by atoms with E-state index in [9.17, 15) is 4.79 Å². The Morgan fingerprint density at radius 3 is 2.56 bits per heavy atom. The molecule has 3 aromatic rings. The largest absolute Gasteiger partial charge is 0.318 e. The van der Waals surface area contributed by atoms with Crippen molar-refractivity contribution < 1.29 is 0 Å². The Balaban J connectivity index is 1.92. The molecule has 25 heavy (non-hydrogen) atoms. The number of benzene rings is 1. The Bertz CT molecular complexity index is 876. The predicted molar refractivity (Wildman–Crippen MR) is 105 cm³/mol. The van der Waals surface area contributed by atoms with Crippen LogP contribution in [0.2, 0.25) is 0 Å². The van der Waals surface area contributed by atoms with Crippen LogP contribution in [0.5, 0.6) is 0 Å². The van der Waals surface area contributed by atoms with Gasteiger partial charge in [-0.25, -0.2) is 0 Å². The highest BCUT2D eigenvalue weighted by Crippen LogP contribution is 2.25. The van der Waals surface area contributed by atoms with Crippen molar-refractivity contribution in [3.05, 3.63) is 63.1 Å². The third-order valence-corrected chi connectivity index (χ3v) is 5.84. The zero-order valence-electron chi connectivity index (χ0n) is 14.4. The Morgan fingerprint density at radius 2 is 1.92 bits per heavy atom. The molecule has 0 aliphatic rings. The molecular formula is C18H20N4OS2. The van der Waals surface area contributed by atoms with Gasteiger partial charge in [0.2, 0.25) is 5.82 Å². The van der Waals surface area contributed by atoms with Crippen LogP contribution in [0.4, 0.5) is 11.5 Å². The van der Waals surface area contributed by atoms with Crippen LogP contribution in [-0.4, -0.2) is 20.8 Å². The van der Waals surface area contributed by atoms with Gasteiger partial charge >= 0.3 is 0 Å². The van der Waals surface area contributed by atoms with Gasteiger partial charge in [-0.05, 0) is 37.4 Å². The number of thioether (sulfide) groups is 1. The summed E-state index contributed by atoms with van der Waals surface area (Å²) in [5.41, 5.74) is 0.795. The second-order valence-corrected chi connectivity index (χ2v) is 7.81. The molecule has 0 N–H and O–H groups in total. The number of aromatic nitrogens is 3. The topological polar surface area (TPSA) is 51.0 Å². The van der Waals surface area contributed by atoms with E-state index in [0.717, 1.165) is 11.4 Å². The summed E-state index contributed by atoms with van der Waals surface area (Å²) in [6, 6.07) is 14.0. The summed E-state index contributed by atoms with van der Waals surface area (Å²) in [5.74, 6) is 1.13. The third kappa shape index (κ3) is 3.93. The molecule has 0 amide bonds. The van der Waals surface area contributed by atoms with Crippen LogP contribution in [0.1, 0.15) is 18.7 Å². The number of rotatable bonds is 6. The molecule has 0 saturated carbocycles. The molecule has 0 unspecified atom stereocenters. The van der Waals surface area contributed by atoms with E-state index in [0.29, 0.717) is 11.0 Å². The summed E-state index contributed by atoms with van der Waals surface area (Å²) in [7, 11) is 1.75. The van der Waals surface area contributed by atoms with Crippen molar-refractivity contribution in [2.24, 2.45) is 7.05 Å². The molecule has 3 rings (SSSR count). The predicted octanol–water partition coefficient (Wildman–Crippen LogP) is 4.08. The van der Waals surface area contributed by atoms with Gasteiger partial charge in [0.15, 0.2) is 5.16 Å². The molecule has 130 valence electrons. The van der Waals surface area contributed by atoms with Crippen LogP contribution in [0.3, 0.4) is 0 Å². The average Bonchev–Trinajstić information content (AvgIpc) is 3.12. The van der Waals surface area contributed by atoms with Crippen molar-refractivity contribution in [1.29, 1.82) is 0 Å². The van der Waals surface area contributed by atoms with Crippen molar-refractivity contribution in [2.75, 3.05) is 4.90 Å². The molecule has 2 heterocycles. The highest BCUT2D eigenvalue weighted by atomic mass is 32.2. The summed E-state index contributed by atoms with van der Waals surface area (Å²) < 4.78 is 1.58. The highest BCUT2D eigenvalue weighted by Gasteiger charge is 2.20. The number of thiophene rings is 1. The van der Waals surface area contributed by atoms with E-state index >= 15 is 0 Å². The number of hydrogen-bond acceptors (Lipinski definition) is 6. The van der Waals surface area contributed by atoms with Crippen molar-refractivity contribution in [1.82, 2.24) is 14.8 Å². The standard InChI is InChI=1S/C18H20N4OS2/c1-13(2)22(14-8-5-4-6-9-14)16-17(23)21(3)18(20-19-16)25-12-15-10-7-11-24-15/h4-11,13H,12H2,1-3H3. The fraction of sp³-hybridized carbons (Fsp3) is 0.278. The maximum absolute atomic E-state index is 12.9. The first kappa shape index (κ1) is 17.7. The van der Waals surface area contributed by atoms with Crippen LogP contribution in [0, 0.1) is 0 Å². The molecule has 0 aliphatic carbocycles. The first-order valence-electron chi connectivity index (χ1n) is 8.01. The lowest BCUT2D eigenvalue weighted by Crippen LogP contribution is -2.35. The van der Waals surface area contributed by atoms with Crippen molar-refractivity contribution in [3.63, 3.8) is 0 Å². The highest BCUT2D eigenvalue weighted by molar-refractivity contribution is 7.98. The van der Waals surface area contributed by atoms with Gasteiger partial charge in [-0.3, -0.25) is 9.36 Å². The third-order valence-electron chi connectivity index (χ3n) is 3.72. The van der Waals surface area contributed by atoms with Gasteiger partial charge in [-0.15, -0.1) is 21.5 Å². The zero-order valence-corrected chi connectivity index (χ0v) is 16.0. The summed E-state index contributed by atoms with van der Waals surface area (Å²) in [4.78, 5) is 16.0. The maximum Gasteiger partial charge on any atom is 0.297 e. The lowest BCUT2D eigenvalue weighted by Gasteiger charge is -2.27. The van der Waals surface area contributed by atoms with Crippen molar-refractivity contribution in [2.45, 2.75) is 30.8 Å². The van der Waals surface area contributed by atoms with Gasteiger partial charge in [0, 0.05) is 29.4 Å². The van der Waals surface area contributed by atoms with Crippen molar-refractivity contribution >= 4 is 34.6 Å². The van der Waals surface area contributed by atoms with E-state index in [1.165, 1.54) is 16.6 Å². The van der Waals surface area contributed by atoms with Crippen LogP contribution < -0.4 is 10.5 Å². The second kappa shape index (κ2) is 7.84. The Kier molecular flexibility index (Phi) is 5.55. The van der Waals surface area contributed by atoms with E-state index in [-0.39, 0.29) is 11.6 Å². The summed E-state index contributed by atoms with van der Waals surface area (Å²) in [5, 5.41) is 11.2. The monoisotopic (exact) mass is 372 g/mol. The molecule has 0 spiro atoms. The van der Waals surface area contributed by atoms with E-state index in [1.54, 1.807) is 23.0 Å². The van der Waals surface area contributed by atoms with Gasteiger partial charge in [0.05, 0.1) is 0 Å². The molecule has 0 aliphatic heterocycles. The fourth-order valence-electron chi connectivity index (χ4n) is 2.50. The molecule has 0 radical (unpaired) electrons. The first-order chi connectivity index (χ1) is 12.1. The lowest BCUT2D eigenvalue weighted by molar-refractivity contribution is 0.643. The van der Waals surface area contributed by atoms with Gasteiger partial charge in [0.1, 0.15) is 0 Å². The molecular weight excluding hydrogens is 352 g/mol.